The first-order valence-corrected chi connectivity index (χ1v) is 11.6. The number of sulfonamides is 1. The van der Waals surface area contributed by atoms with Crippen molar-refractivity contribution in [3.05, 3.63) is 48.0 Å². The van der Waals surface area contributed by atoms with Crippen molar-refractivity contribution in [2.24, 2.45) is 5.92 Å². The van der Waals surface area contributed by atoms with Crippen LogP contribution in [-0.4, -0.2) is 45.4 Å². The molecule has 1 N–H and O–H groups in total. The van der Waals surface area contributed by atoms with Crippen LogP contribution < -0.4 is 14.8 Å². The van der Waals surface area contributed by atoms with Crippen LogP contribution in [0, 0.1) is 5.92 Å². The summed E-state index contributed by atoms with van der Waals surface area (Å²) in [6, 6.07) is 12.2. The van der Waals surface area contributed by atoms with Gasteiger partial charge in [0.05, 0.1) is 23.6 Å². The fourth-order valence-corrected chi connectivity index (χ4v) is 5.47. The molecule has 2 aromatic rings. The standard InChI is InChI=1S/C22H26N2O5S/c1-28-21-10-9-18(30(26,27)24-11-5-2-6-12-24)14-19(21)23-22(25)17-13-16-7-3-4-8-20(16)29-15-17/h3-4,7-10,14,17H,2,5-6,11-13,15H2,1H3,(H,23,25). The molecule has 0 radical (unpaired) electrons. The van der Waals surface area contributed by atoms with E-state index in [2.05, 4.69) is 5.32 Å². The Morgan fingerprint density at radius 1 is 1.13 bits per heavy atom. The summed E-state index contributed by atoms with van der Waals surface area (Å²) in [7, 11) is -2.12. The molecule has 0 saturated carbocycles. The molecule has 1 fully saturated rings. The Kier molecular flexibility index (Phi) is 5.97. The number of hydrogen-bond acceptors (Lipinski definition) is 5. The van der Waals surface area contributed by atoms with Crippen LogP contribution in [0.25, 0.3) is 0 Å². The van der Waals surface area contributed by atoms with E-state index in [1.54, 1.807) is 6.07 Å². The van der Waals surface area contributed by atoms with Crippen LogP contribution in [0.3, 0.4) is 0 Å². The zero-order chi connectivity index (χ0) is 21.1. The minimum atomic E-state index is -3.61. The van der Waals surface area contributed by atoms with Gasteiger partial charge in [0, 0.05) is 13.1 Å². The van der Waals surface area contributed by atoms with Gasteiger partial charge in [-0.1, -0.05) is 24.6 Å². The number of nitrogens with zero attached hydrogens (tertiary/aromatic N) is 1. The summed E-state index contributed by atoms with van der Waals surface area (Å²) in [5.74, 6) is 0.620. The minimum Gasteiger partial charge on any atom is -0.495 e. The maximum absolute atomic E-state index is 13.0. The maximum atomic E-state index is 13.0. The minimum absolute atomic E-state index is 0.158. The largest absolute Gasteiger partial charge is 0.495 e. The first-order valence-electron chi connectivity index (χ1n) is 10.2. The van der Waals surface area contributed by atoms with E-state index in [-0.39, 0.29) is 23.3 Å². The third-order valence-electron chi connectivity index (χ3n) is 5.63. The zero-order valence-corrected chi connectivity index (χ0v) is 17.8. The first-order chi connectivity index (χ1) is 14.5. The molecule has 0 aromatic heterocycles. The van der Waals surface area contributed by atoms with E-state index >= 15 is 0 Å². The predicted molar refractivity (Wildman–Crippen MR) is 113 cm³/mol. The Hall–Kier alpha value is -2.58. The molecule has 2 aliphatic heterocycles. The fraction of sp³-hybridized carbons (Fsp3) is 0.409. The van der Waals surface area contributed by atoms with Crippen LogP contribution in [0.2, 0.25) is 0 Å². The highest BCUT2D eigenvalue weighted by Crippen LogP contribution is 2.32. The second kappa shape index (κ2) is 8.65. The van der Waals surface area contributed by atoms with Gasteiger partial charge in [-0.15, -0.1) is 0 Å². The highest BCUT2D eigenvalue weighted by molar-refractivity contribution is 7.89. The SMILES string of the molecule is COc1ccc(S(=O)(=O)N2CCCCC2)cc1NC(=O)C1COc2ccccc2C1. The lowest BCUT2D eigenvalue weighted by atomic mass is 9.96. The van der Waals surface area contributed by atoms with Gasteiger partial charge in [-0.05, 0) is 49.1 Å². The summed E-state index contributed by atoms with van der Waals surface area (Å²) in [4.78, 5) is 13.1. The molecule has 30 heavy (non-hydrogen) atoms. The van der Waals surface area contributed by atoms with Crippen LogP contribution in [0.5, 0.6) is 11.5 Å². The van der Waals surface area contributed by atoms with Crippen molar-refractivity contribution in [2.75, 3.05) is 32.1 Å². The number of rotatable bonds is 5. The normalized spacial score (nSPS) is 19.4. The topological polar surface area (TPSA) is 84.9 Å². The van der Waals surface area contributed by atoms with Crippen molar-refractivity contribution >= 4 is 21.6 Å². The van der Waals surface area contributed by atoms with Gasteiger partial charge in [-0.2, -0.15) is 4.31 Å². The Bertz CT molecular complexity index is 1030. The van der Waals surface area contributed by atoms with Crippen LogP contribution in [0.1, 0.15) is 24.8 Å². The Balaban J connectivity index is 1.55. The summed E-state index contributed by atoms with van der Waals surface area (Å²) < 4.78 is 38.6. The molecule has 1 atom stereocenters. The second-order valence-electron chi connectivity index (χ2n) is 7.64. The molecule has 1 amide bonds. The molecule has 7 nitrogen and oxygen atoms in total. The number of methoxy groups -OCH3 is 1. The number of carbonyl (C=O) groups excluding carboxylic acids is 1. The summed E-state index contributed by atoms with van der Waals surface area (Å²) in [6.07, 6.45) is 3.34. The summed E-state index contributed by atoms with van der Waals surface area (Å²) in [6.45, 7) is 1.32. The van der Waals surface area contributed by atoms with Crippen molar-refractivity contribution in [1.29, 1.82) is 0 Å². The van der Waals surface area contributed by atoms with Gasteiger partial charge < -0.3 is 14.8 Å². The van der Waals surface area contributed by atoms with Gasteiger partial charge in [0.1, 0.15) is 18.1 Å². The smallest absolute Gasteiger partial charge is 0.243 e. The molecular formula is C22H26N2O5S. The Morgan fingerprint density at radius 2 is 1.90 bits per heavy atom. The van der Waals surface area contributed by atoms with Crippen LogP contribution >= 0.6 is 0 Å². The van der Waals surface area contributed by atoms with Crippen molar-refractivity contribution in [1.82, 2.24) is 4.31 Å². The number of hydrogen-bond donors (Lipinski definition) is 1. The quantitative estimate of drug-likeness (QED) is 0.788. The first kappa shape index (κ1) is 20.7. The molecule has 0 aliphatic carbocycles. The predicted octanol–water partition coefficient (Wildman–Crippen LogP) is 3.06. The van der Waals surface area contributed by atoms with E-state index in [4.69, 9.17) is 9.47 Å². The third-order valence-corrected chi connectivity index (χ3v) is 7.53. The molecule has 2 aromatic carbocycles. The van der Waals surface area contributed by atoms with Gasteiger partial charge in [0.15, 0.2) is 0 Å². The average molecular weight is 431 g/mol. The van der Waals surface area contributed by atoms with Crippen LogP contribution in [-0.2, 0) is 21.2 Å². The number of para-hydroxylation sites is 1. The van der Waals surface area contributed by atoms with Crippen molar-refractivity contribution in [3.63, 3.8) is 0 Å². The van der Waals surface area contributed by atoms with Gasteiger partial charge in [-0.3, -0.25) is 4.79 Å². The summed E-state index contributed by atoms with van der Waals surface area (Å²) in [5.41, 5.74) is 1.33. The number of nitrogens with one attached hydrogen (secondary N) is 1. The lowest BCUT2D eigenvalue weighted by Gasteiger charge is -2.27. The number of carbonyl (C=O) groups is 1. The molecule has 2 aliphatic rings. The van der Waals surface area contributed by atoms with Gasteiger partial charge in [0.25, 0.3) is 0 Å². The Labute approximate surface area is 177 Å². The van der Waals surface area contributed by atoms with Gasteiger partial charge in [0.2, 0.25) is 15.9 Å². The number of piperidine rings is 1. The fourth-order valence-electron chi connectivity index (χ4n) is 3.93. The summed E-state index contributed by atoms with van der Waals surface area (Å²) >= 11 is 0. The number of fused-ring (bicyclic) bond motifs is 1. The highest BCUT2D eigenvalue weighted by Gasteiger charge is 2.29. The van der Waals surface area contributed by atoms with Crippen LogP contribution in [0.4, 0.5) is 5.69 Å². The third kappa shape index (κ3) is 4.15. The zero-order valence-electron chi connectivity index (χ0n) is 17.0. The van der Waals surface area contributed by atoms with Gasteiger partial charge >= 0.3 is 0 Å². The molecule has 4 rings (SSSR count). The highest BCUT2D eigenvalue weighted by atomic mass is 32.2. The number of ether oxygens (including phenoxy) is 2. The van der Waals surface area contributed by atoms with E-state index < -0.39 is 10.0 Å². The summed E-state index contributed by atoms with van der Waals surface area (Å²) in [5, 5.41) is 2.85. The monoisotopic (exact) mass is 430 g/mol. The van der Waals surface area contributed by atoms with Crippen molar-refractivity contribution in [2.45, 2.75) is 30.6 Å². The van der Waals surface area contributed by atoms with E-state index in [1.165, 1.54) is 23.5 Å². The van der Waals surface area contributed by atoms with Crippen molar-refractivity contribution < 1.29 is 22.7 Å². The average Bonchev–Trinajstić information content (AvgIpc) is 2.79. The van der Waals surface area contributed by atoms with E-state index in [0.29, 0.717) is 30.9 Å². The molecule has 2 heterocycles. The van der Waals surface area contributed by atoms with E-state index in [0.717, 1.165) is 30.6 Å². The lowest BCUT2D eigenvalue weighted by molar-refractivity contribution is -0.121. The van der Waals surface area contributed by atoms with Gasteiger partial charge in [-0.25, -0.2) is 8.42 Å². The van der Waals surface area contributed by atoms with E-state index in [9.17, 15) is 13.2 Å². The Morgan fingerprint density at radius 3 is 2.67 bits per heavy atom. The molecule has 160 valence electrons. The maximum Gasteiger partial charge on any atom is 0.243 e. The lowest BCUT2D eigenvalue weighted by Crippen LogP contribution is -2.35. The number of anilines is 1. The van der Waals surface area contributed by atoms with Crippen molar-refractivity contribution in [3.8, 4) is 11.5 Å². The number of benzene rings is 2. The molecular weight excluding hydrogens is 404 g/mol. The molecule has 0 bridgehead atoms. The molecule has 1 saturated heterocycles. The number of amides is 1. The molecule has 8 heteroatoms. The molecule has 0 spiro atoms. The second-order valence-corrected chi connectivity index (χ2v) is 9.57. The van der Waals surface area contributed by atoms with Crippen LogP contribution in [0.15, 0.2) is 47.4 Å². The molecule has 1 unspecified atom stereocenters. The van der Waals surface area contributed by atoms with E-state index in [1.807, 2.05) is 24.3 Å².